The molecule has 1 saturated heterocycles. The second-order valence-electron chi connectivity index (χ2n) is 5.00. The molecule has 0 unspecified atom stereocenters. The normalized spacial score (nSPS) is 16.4. The van der Waals surface area contributed by atoms with Crippen molar-refractivity contribution in [1.29, 1.82) is 0 Å². The maximum absolute atomic E-state index is 12.5. The molecule has 2 aromatic rings. The summed E-state index contributed by atoms with van der Waals surface area (Å²) < 4.78 is 0.738. The molecule has 0 atom stereocenters. The number of rotatable bonds is 3. The van der Waals surface area contributed by atoms with E-state index < -0.39 is 0 Å². The maximum atomic E-state index is 12.5. The van der Waals surface area contributed by atoms with Gasteiger partial charge in [-0.3, -0.25) is 4.79 Å². The van der Waals surface area contributed by atoms with Gasteiger partial charge in [0.05, 0.1) is 9.21 Å². The Labute approximate surface area is 136 Å². The van der Waals surface area contributed by atoms with E-state index in [1.165, 1.54) is 22.7 Å². The molecule has 1 aliphatic heterocycles. The van der Waals surface area contributed by atoms with Gasteiger partial charge < -0.3 is 10.2 Å². The van der Waals surface area contributed by atoms with Gasteiger partial charge in [-0.15, -0.1) is 22.7 Å². The first-order valence-corrected chi connectivity index (χ1v) is 8.92. The van der Waals surface area contributed by atoms with Crippen LogP contribution in [0.15, 0.2) is 17.5 Å². The predicted molar refractivity (Wildman–Crippen MR) is 88.4 cm³/mol. The van der Waals surface area contributed by atoms with Crippen LogP contribution in [-0.4, -0.2) is 42.0 Å². The number of piperidine rings is 1. The molecule has 4 nitrogen and oxygen atoms in total. The quantitative estimate of drug-likeness (QED) is 0.931. The molecule has 1 N–H and O–H groups in total. The molecule has 0 aliphatic carbocycles. The summed E-state index contributed by atoms with van der Waals surface area (Å²) in [6.07, 6.45) is 2.00. The fourth-order valence-corrected chi connectivity index (χ4v) is 4.36. The Hall–Kier alpha value is -0.950. The monoisotopic (exact) mass is 341 g/mol. The number of thiazole rings is 1. The molecule has 1 amide bonds. The van der Waals surface area contributed by atoms with Crippen LogP contribution in [0.3, 0.4) is 0 Å². The minimum Gasteiger partial charge on any atom is -0.337 e. The number of nitrogens with one attached hydrogen (secondary N) is 1. The van der Waals surface area contributed by atoms with Gasteiger partial charge in [-0.1, -0.05) is 11.6 Å². The summed E-state index contributed by atoms with van der Waals surface area (Å²) in [5.74, 6) is 0.0368. The lowest BCUT2D eigenvalue weighted by atomic mass is 10.1. The number of thiophene rings is 1. The van der Waals surface area contributed by atoms with Crippen molar-refractivity contribution in [2.75, 3.05) is 20.1 Å². The van der Waals surface area contributed by atoms with Crippen LogP contribution in [0.2, 0.25) is 4.34 Å². The first-order valence-electron chi connectivity index (χ1n) is 6.85. The highest BCUT2D eigenvalue weighted by molar-refractivity contribution is 7.23. The number of halogens is 1. The van der Waals surface area contributed by atoms with Crippen molar-refractivity contribution < 1.29 is 4.79 Å². The summed E-state index contributed by atoms with van der Waals surface area (Å²) in [6.45, 7) is 1.59. The molecule has 0 saturated carbocycles. The lowest BCUT2D eigenvalue weighted by molar-refractivity contribution is 0.0702. The third-order valence-corrected chi connectivity index (χ3v) is 5.94. The minimum atomic E-state index is 0.0368. The third-order valence-electron chi connectivity index (χ3n) is 3.70. The molecule has 112 valence electrons. The Bertz CT molecular complexity index is 632. The van der Waals surface area contributed by atoms with E-state index in [1.54, 1.807) is 0 Å². The highest BCUT2D eigenvalue weighted by Gasteiger charge is 2.24. The van der Waals surface area contributed by atoms with Gasteiger partial charge in [0.15, 0.2) is 0 Å². The number of amides is 1. The van der Waals surface area contributed by atoms with E-state index in [0.717, 1.165) is 40.2 Å². The topological polar surface area (TPSA) is 45.2 Å². The number of nitrogens with zero attached hydrogens (tertiary/aromatic N) is 2. The maximum Gasteiger partial charge on any atom is 0.273 e. The highest BCUT2D eigenvalue weighted by atomic mass is 35.5. The summed E-state index contributed by atoms with van der Waals surface area (Å²) in [4.78, 5) is 19.9. The molecule has 2 aromatic heterocycles. The number of carbonyl (C=O) groups excluding carboxylic acids is 1. The van der Waals surface area contributed by atoms with Crippen LogP contribution in [0.5, 0.6) is 0 Å². The molecule has 0 radical (unpaired) electrons. The third kappa shape index (κ3) is 3.29. The minimum absolute atomic E-state index is 0.0368. The largest absolute Gasteiger partial charge is 0.337 e. The molecule has 7 heteroatoms. The zero-order valence-electron chi connectivity index (χ0n) is 11.6. The van der Waals surface area contributed by atoms with Crippen LogP contribution in [-0.2, 0) is 0 Å². The van der Waals surface area contributed by atoms with E-state index in [1.807, 2.05) is 29.5 Å². The Balaban J connectivity index is 1.70. The van der Waals surface area contributed by atoms with Crippen molar-refractivity contribution in [3.63, 3.8) is 0 Å². The number of hydrogen-bond donors (Lipinski definition) is 1. The van der Waals surface area contributed by atoms with Crippen LogP contribution in [0, 0.1) is 0 Å². The van der Waals surface area contributed by atoms with Gasteiger partial charge in [0.2, 0.25) is 0 Å². The van der Waals surface area contributed by atoms with Crippen molar-refractivity contribution in [2.45, 2.75) is 18.9 Å². The molecule has 1 fully saturated rings. The number of hydrogen-bond acceptors (Lipinski definition) is 5. The molecule has 3 heterocycles. The first-order chi connectivity index (χ1) is 10.2. The van der Waals surface area contributed by atoms with Crippen LogP contribution < -0.4 is 5.32 Å². The van der Waals surface area contributed by atoms with Gasteiger partial charge in [0, 0.05) is 24.5 Å². The summed E-state index contributed by atoms with van der Waals surface area (Å²) in [5, 5.41) is 5.97. The van der Waals surface area contributed by atoms with Gasteiger partial charge in [0.25, 0.3) is 5.91 Å². The van der Waals surface area contributed by atoms with Crippen LogP contribution in [0.25, 0.3) is 9.88 Å². The molecule has 1 aliphatic rings. The van der Waals surface area contributed by atoms with E-state index in [2.05, 4.69) is 10.3 Å². The average Bonchev–Trinajstić information content (AvgIpc) is 3.15. The average molecular weight is 342 g/mol. The highest BCUT2D eigenvalue weighted by Crippen LogP contribution is 2.33. The standard InChI is InChI=1S/C14H16ClN3OS2/c1-16-9-4-6-18(7-5-9)14(19)10-8-20-13(17-10)11-2-3-12(15)21-11/h2-3,8-9,16H,4-7H2,1H3. The van der Waals surface area contributed by atoms with Crippen LogP contribution >= 0.6 is 34.3 Å². The predicted octanol–water partition coefficient (Wildman–Crippen LogP) is 3.35. The zero-order valence-corrected chi connectivity index (χ0v) is 14.0. The van der Waals surface area contributed by atoms with E-state index in [-0.39, 0.29) is 5.91 Å². The molecule has 0 bridgehead atoms. The molecule has 3 rings (SSSR count). The van der Waals surface area contributed by atoms with Crippen molar-refractivity contribution in [1.82, 2.24) is 15.2 Å². The van der Waals surface area contributed by atoms with Gasteiger partial charge in [-0.05, 0) is 32.0 Å². The van der Waals surface area contributed by atoms with E-state index >= 15 is 0 Å². The number of likely N-dealkylation sites (tertiary alicyclic amines) is 1. The Morgan fingerprint density at radius 1 is 1.43 bits per heavy atom. The second-order valence-corrected chi connectivity index (χ2v) is 7.57. The summed E-state index contributed by atoms with van der Waals surface area (Å²) in [6, 6.07) is 4.32. The van der Waals surface area contributed by atoms with Gasteiger partial charge >= 0.3 is 0 Å². The van der Waals surface area contributed by atoms with E-state index in [0.29, 0.717) is 11.7 Å². The second kappa shape index (κ2) is 6.44. The van der Waals surface area contributed by atoms with Crippen molar-refractivity contribution in [3.8, 4) is 9.88 Å². The van der Waals surface area contributed by atoms with Crippen LogP contribution in [0.4, 0.5) is 0 Å². The van der Waals surface area contributed by atoms with Crippen LogP contribution in [0.1, 0.15) is 23.3 Å². The lowest BCUT2D eigenvalue weighted by Crippen LogP contribution is -2.44. The van der Waals surface area contributed by atoms with E-state index in [9.17, 15) is 4.79 Å². The zero-order chi connectivity index (χ0) is 14.8. The Kier molecular flexibility index (Phi) is 4.59. The van der Waals surface area contributed by atoms with Gasteiger partial charge in [-0.2, -0.15) is 0 Å². The SMILES string of the molecule is CNC1CCN(C(=O)c2csc(-c3ccc(Cl)s3)n2)CC1. The van der Waals surface area contributed by atoms with Gasteiger partial charge in [-0.25, -0.2) is 4.98 Å². The summed E-state index contributed by atoms with van der Waals surface area (Å²) in [7, 11) is 1.97. The molecule has 0 aromatic carbocycles. The molecule has 0 spiro atoms. The van der Waals surface area contributed by atoms with Crippen molar-refractivity contribution in [3.05, 3.63) is 27.5 Å². The summed E-state index contributed by atoms with van der Waals surface area (Å²) >= 11 is 8.92. The fraction of sp³-hybridized carbons (Fsp3) is 0.429. The Morgan fingerprint density at radius 3 is 2.81 bits per heavy atom. The van der Waals surface area contributed by atoms with Gasteiger partial charge in [0.1, 0.15) is 10.7 Å². The van der Waals surface area contributed by atoms with E-state index in [4.69, 9.17) is 11.6 Å². The smallest absolute Gasteiger partial charge is 0.273 e. The van der Waals surface area contributed by atoms with Crippen molar-refractivity contribution >= 4 is 40.2 Å². The molecule has 21 heavy (non-hydrogen) atoms. The summed E-state index contributed by atoms with van der Waals surface area (Å²) in [5.41, 5.74) is 0.544. The molecular weight excluding hydrogens is 326 g/mol. The molecular formula is C14H16ClN3OS2. The Morgan fingerprint density at radius 2 is 2.19 bits per heavy atom. The first kappa shape index (κ1) is 15.0. The fourth-order valence-electron chi connectivity index (χ4n) is 2.45. The lowest BCUT2D eigenvalue weighted by Gasteiger charge is -2.31. The number of aromatic nitrogens is 1. The van der Waals surface area contributed by atoms with Crippen molar-refractivity contribution in [2.24, 2.45) is 0 Å². The number of carbonyl (C=O) groups is 1.